The van der Waals surface area contributed by atoms with Gasteiger partial charge in [0.05, 0.1) is 16.6 Å². The molecule has 0 saturated heterocycles. The minimum absolute atomic E-state index is 0.672. The van der Waals surface area contributed by atoms with Crippen LogP contribution in [0.1, 0.15) is 25.6 Å². The summed E-state index contributed by atoms with van der Waals surface area (Å²) >= 11 is 1.66. The van der Waals surface area contributed by atoms with Crippen molar-refractivity contribution in [3.8, 4) is 22.1 Å². The second-order valence-electron chi connectivity index (χ2n) is 4.92. The number of aromatic nitrogens is 6. The fourth-order valence-corrected chi connectivity index (χ4v) is 3.06. The van der Waals surface area contributed by atoms with Crippen molar-refractivity contribution in [1.82, 2.24) is 29.8 Å². The van der Waals surface area contributed by atoms with Crippen molar-refractivity contribution in [3.05, 3.63) is 29.5 Å². The van der Waals surface area contributed by atoms with Gasteiger partial charge in [0.15, 0.2) is 17.3 Å². The van der Waals surface area contributed by atoms with Crippen LogP contribution >= 0.6 is 11.3 Å². The quantitative estimate of drug-likeness (QED) is 0.628. The third-order valence-corrected chi connectivity index (χ3v) is 4.35. The van der Waals surface area contributed by atoms with Crippen molar-refractivity contribution in [3.63, 3.8) is 0 Å². The van der Waals surface area contributed by atoms with E-state index in [1.165, 1.54) is 0 Å². The van der Waals surface area contributed by atoms with Crippen LogP contribution in [-0.4, -0.2) is 29.8 Å². The summed E-state index contributed by atoms with van der Waals surface area (Å²) in [5, 5.41) is 13.5. The third kappa shape index (κ3) is 2.01. The van der Waals surface area contributed by atoms with Crippen LogP contribution in [0.15, 0.2) is 23.7 Å². The third-order valence-electron chi connectivity index (χ3n) is 3.47. The average Bonchev–Trinajstić information content (AvgIpc) is 3.20. The van der Waals surface area contributed by atoms with E-state index in [1.807, 2.05) is 16.0 Å². The first kappa shape index (κ1) is 12.5. The first-order valence-electron chi connectivity index (χ1n) is 6.99. The van der Waals surface area contributed by atoms with E-state index in [9.17, 15) is 0 Å². The van der Waals surface area contributed by atoms with Gasteiger partial charge in [0.25, 0.3) is 0 Å². The molecule has 4 heterocycles. The monoisotopic (exact) mass is 298 g/mol. The van der Waals surface area contributed by atoms with E-state index in [0.29, 0.717) is 5.82 Å². The number of unbranched alkanes of at least 4 members (excludes halogenated alkanes) is 1. The maximum absolute atomic E-state index is 4.72. The van der Waals surface area contributed by atoms with E-state index in [-0.39, 0.29) is 0 Å². The number of nitrogens with zero attached hydrogens (tertiary/aromatic N) is 5. The SMILES string of the molecule is CCCCc1nc2nncc-2c2nc(-c3cccs3)[nH]n12. The number of hydrogen-bond donors (Lipinski definition) is 1. The van der Waals surface area contributed by atoms with Crippen molar-refractivity contribution in [2.45, 2.75) is 26.2 Å². The van der Waals surface area contributed by atoms with Gasteiger partial charge in [-0.3, -0.25) is 5.10 Å². The number of aryl methyl sites for hydroxylation is 1. The van der Waals surface area contributed by atoms with Gasteiger partial charge in [0.1, 0.15) is 5.82 Å². The highest BCUT2D eigenvalue weighted by atomic mass is 32.1. The fourth-order valence-electron chi connectivity index (χ4n) is 2.40. The largest absolute Gasteiger partial charge is 0.273 e. The molecule has 4 rings (SSSR count). The van der Waals surface area contributed by atoms with Crippen LogP contribution in [0.3, 0.4) is 0 Å². The molecule has 0 fully saturated rings. The molecular formula is C14H14N6S. The molecule has 106 valence electrons. The van der Waals surface area contributed by atoms with Gasteiger partial charge in [-0.2, -0.15) is 5.10 Å². The molecule has 0 unspecified atom stereocenters. The Kier molecular flexibility index (Phi) is 2.92. The second kappa shape index (κ2) is 4.92. The van der Waals surface area contributed by atoms with Gasteiger partial charge in [-0.1, -0.05) is 19.4 Å². The van der Waals surface area contributed by atoms with Crippen LogP contribution in [0, 0.1) is 0 Å². The van der Waals surface area contributed by atoms with Crippen molar-refractivity contribution in [2.24, 2.45) is 0 Å². The highest BCUT2D eigenvalue weighted by molar-refractivity contribution is 7.13. The predicted molar refractivity (Wildman–Crippen MR) is 81.5 cm³/mol. The van der Waals surface area contributed by atoms with Crippen LogP contribution in [0.5, 0.6) is 0 Å². The maximum atomic E-state index is 4.72. The van der Waals surface area contributed by atoms with Gasteiger partial charge in [-0.05, 0) is 17.9 Å². The van der Waals surface area contributed by atoms with E-state index in [2.05, 4.69) is 33.3 Å². The predicted octanol–water partition coefficient (Wildman–Crippen LogP) is 3.02. The lowest BCUT2D eigenvalue weighted by Crippen LogP contribution is -2.05. The summed E-state index contributed by atoms with van der Waals surface area (Å²) in [5.74, 6) is 2.48. The molecule has 0 amide bonds. The molecule has 1 N–H and O–H groups in total. The summed E-state index contributed by atoms with van der Waals surface area (Å²) in [6, 6.07) is 4.08. The highest BCUT2D eigenvalue weighted by Gasteiger charge is 2.19. The lowest BCUT2D eigenvalue weighted by molar-refractivity contribution is 0.713. The number of aromatic amines is 1. The number of fused-ring (bicyclic) bond motifs is 3. The molecule has 6 nitrogen and oxygen atoms in total. The number of nitrogens with one attached hydrogen (secondary N) is 1. The molecule has 0 radical (unpaired) electrons. The van der Waals surface area contributed by atoms with E-state index >= 15 is 0 Å². The van der Waals surface area contributed by atoms with E-state index in [0.717, 1.165) is 47.0 Å². The Morgan fingerprint density at radius 1 is 1.33 bits per heavy atom. The number of H-pyrrole nitrogens is 1. The van der Waals surface area contributed by atoms with Crippen LogP contribution in [0.25, 0.3) is 27.7 Å². The first-order chi connectivity index (χ1) is 10.4. The molecule has 7 heteroatoms. The Labute approximate surface area is 125 Å². The van der Waals surface area contributed by atoms with Crippen molar-refractivity contribution < 1.29 is 0 Å². The molecule has 0 saturated carbocycles. The Morgan fingerprint density at radius 3 is 3.10 bits per heavy atom. The fraction of sp³-hybridized carbons (Fsp3) is 0.286. The minimum atomic E-state index is 0.672. The Morgan fingerprint density at radius 2 is 2.29 bits per heavy atom. The van der Waals surface area contributed by atoms with E-state index in [1.54, 1.807) is 17.5 Å². The van der Waals surface area contributed by atoms with Crippen molar-refractivity contribution >= 4 is 17.0 Å². The normalized spacial score (nSPS) is 11.7. The van der Waals surface area contributed by atoms with Crippen molar-refractivity contribution in [1.29, 1.82) is 0 Å². The Balaban J connectivity index is 1.95. The van der Waals surface area contributed by atoms with Gasteiger partial charge >= 0.3 is 0 Å². The molecule has 0 aliphatic carbocycles. The van der Waals surface area contributed by atoms with Crippen LogP contribution in [0.2, 0.25) is 0 Å². The molecule has 0 bridgehead atoms. The van der Waals surface area contributed by atoms with Gasteiger partial charge in [-0.25, -0.2) is 14.5 Å². The first-order valence-corrected chi connectivity index (χ1v) is 7.87. The molecule has 0 spiro atoms. The zero-order valence-electron chi connectivity index (χ0n) is 11.6. The Bertz CT molecular complexity index is 844. The van der Waals surface area contributed by atoms with Gasteiger partial charge in [-0.15, -0.1) is 16.4 Å². The van der Waals surface area contributed by atoms with Gasteiger partial charge in [0.2, 0.25) is 0 Å². The summed E-state index contributed by atoms with van der Waals surface area (Å²) < 4.78 is 1.97. The minimum Gasteiger partial charge on any atom is -0.273 e. The maximum Gasteiger partial charge on any atom is 0.188 e. The summed E-state index contributed by atoms with van der Waals surface area (Å²) in [4.78, 5) is 10.5. The number of rotatable bonds is 4. The molecule has 2 aliphatic heterocycles. The zero-order valence-corrected chi connectivity index (χ0v) is 12.4. The smallest absolute Gasteiger partial charge is 0.188 e. The molecule has 21 heavy (non-hydrogen) atoms. The molecule has 2 aromatic heterocycles. The van der Waals surface area contributed by atoms with Crippen LogP contribution < -0.4 is 0 Å². The summed E-state index contributed by atoms with van der Waals surface area (Å²) in [6.45, 7) is 2.17. The summed E-state index contributed by atoms with van der Waals surface area (Å²) in [6.07, 6.45) is 4.83. The second-order valence-corrected chi connectivity index (χ2v) is 5.87. The molecule has 0 aromatic carbocycles. The van der Waals surface area contributed by atoms with Crippen LogP contribution in [-0.2, 0) is 6.42 Å². The lowest BCUT2D eigenvalue weighted by Gasteiger charge is -2.05. The molecule has 2 aromatic rings. The topological polar surface area (TPSA) is 71.8 Å². The lowest BCUT2D eigenvalue weighted by atomic mass is 10.2. The molecular weight excluding hydrogens is 284 g/mol. The molecule has 0 atom stereocenters. The van der Waals surface area contributed by atoms with E-state index < -0.39 is 0 Å². The Hall–Kier alpha value is -2.28. The summed E-state index contributed by atoms with van der Waals surface area (Å²) in [7, 11) is 0. The summed E-state index contributed by atoms with van der Waals surface area (Å²) in [5.41, 5.74) is 1.73. The standard InChI is InChI=1S/C14H14N6S/c1-2-3-6-11-16-12-9(8-15-18-12)14-17-13(19-20(11)14)10-5-4-7-21-10/h4-5,7-8H,2-3,6H2,1H3,(H,17,19). The number of hydrogen-bond acceptors (Lipinski definition) is 5. The average molecular weight is 298 g/mol. The van der Waals surface area contributed by atoms with Crippen molar-refractivity contribution in [2.75, 3.05) is 0 Å². The van der Waals surface area contributed by atoms with E-state index in [4.69, 9.17) is 4.98 Å². The zero-order chi connectivity index (χ0) is 14.2. The molecule has 2 aliphatic rings. The van der Waals surface area contributed by atoms with Crippen LogP contribution in [0.4, 0.5) is 0 Å². The van der Waals surface area contributed by atoms with Gasteiger partial charge in [0, 0.05) is 6.42 Å². The number of thiophene rings is 1. The van der Waals surface area contributed by atoms with Gasteiger partial charge < -0.3 is 0 Å². The highest BCUT2D eigenvalue weighted by Crippen LogP contribution is 2.27.